The number of imidazole rings is 1. The molecule has 1 aromatic heterocycles. The average molecular weight is 351 g/mol. The van der Waals surface area contributed by atoms with Crippen LogP contribution in [0, 0.1) is 24.7 Å². The summed E-state index contributed by atoms with van der Waals surface area (Å²) in [5.41, 5.74) is 1.15. The van der Waals surface area contributed by atoms with Crippen molar-refractivity contribution in [2.24, 2.45) is 17.8 Å². The van der Waals surface area contributed by atoms with Gasteiger partial charge in [-0.3, -0.25) is 0 Å². The Morgan fingerprint density at radius 2 is 2.12 bits per heavy atom. The summed E-state index contributed by atoms with van der Waals surface area (Å²) < 4.78 is 2.10. The molecular weight excluding hydrogens is 324 g/mol. The number of hydrogen-bond acceptors (Lipinski definition) is 2. The van der Waals surface area contributed by atoms with Crippen LogP contribution in [0.3, 0.4) is 0 Å². The second kappa shape index (κ2) is 6.25. The molecule has 4 bridgehead atoms. The van der Waals surface area contributed by atoms with Crippen LogP contribution in [0.4, 0.5) is 4.79 Å². The van der Waals surface area contributed by atoms with Gasteiger partial charge in [-0.15, -0.1) is 11.6 Å². The molecule has 4 aliphatic carbocycles. The van der Waals surface area contributed by atoms with E-state index >= 15 is 0 Å². The third-order valence-electron chi connectivity index (χ3n) is 6.29. The summed E-state index contributed by atoms with van der Waals surface area (Å²) in [4.78, 5) is 16.2. The number of halogens is 1. The minimum atomic E-state index is -0.194. The molecule has 1 aromatic rings. The quantitative estimate of drug-likeness (QED) is 0.633. The average Bonchev–Trinajstić information content (AvgIpc) is 2.92. The summed E-state index contributed by atoms with van der Waals surface area (Å²) in [6.45, 7) is 3.59. The molecule has 0 radical (unpaired) electrons. The molecule has 132 valence electrons. The smallest absolute Gasteiger partial charge is 0.315 e. The zero-order valence-corrected chi connectivity index (χ0v) is 15.1. The first-order chi connectivity index (χ1) is 11.5. The van der Waals surface area contributed by atoms with E-state index in [-0.39, 0.29) is 16.9 Å². The van der Waals surface area contributed by atoms with Crippen LogP contribution in [0.15, 0.2) is 12.5 Å². The molecule has 2 amide bonds. The molecule has 5 rings (SSSR count). The van der Waals surface area contributed by atoms with Gasteiger partial charge in [0.25, 0.3) is 0 Å². The van der Waals surface area contributed by atoms with Crippen molar-refractivity contribution in [1.29, 1.82) is 0 Å². The number of aromatic nitrogens is 2. The number of nitrogens with one attached hydrogen (secondary N) is 2. The lowest BCUT2D eigenvalue weighted by molar-refractivity contribution is 0.00595. The van der Waals surface area contributed by atoms with Gasteiger partial charge in [0.15, 0.2) is 0 Å². The van der Waals surface area contributed by atoms with E-state index in [9.17, 15) is 4.79 Å². The predicted octanol–water partition coefficient (Wildman–Crippen LogP) is 3.07. The van der Waals surface area contributed by atoms with Crippen molar-refractivity contribution in [3.63, 3.8) is 0 Å². The lowest BCUT2D eigenvalue weighted by Crippen LogP contribution is -2.64. The fourth-order valence-electron chi connectivity index (χ4n) is 5.45. The van der Waals surface area contributed by atoms with Crippen molar-refractivity contribution in [2.75, 3.05) is 6.54 Å². The lowest BCUT2D eigenvalue weighted by atomic mass is 9.53. The van der Waals surface area contributed by atoms with Crippen molar-refractivity contribution in [3.05, 3.63) is 18.2 Å². The zero-order valence-electron chi connectivity index (χ0n) is 14.3. The molecule has 6 heteroatoms. The number of alkyl halides is 1. The van der Waals surface area contributed by atoms with Gasteiger partial charge in [0, 0.05) is 25.0 Å². The van der Waals surface area contributed by atoms with Crippen molar-refractivity contribution < 1.29 is 4.79 Å². The van der Waals surface area contributed by atoms with E-state index in [1.165, 1.54) is 19.3 Å². The van der Waals surface area contributed by atoms with Crippen LogP contribution in [0.25, 0.3) is 0 Å². The number of nitrogens with zero attached hydrogens (tertiary/aromatic N) is 2. The van der Waals surface area contributed by atoms with E-state index < -0.39 is 0 Å². The number of rotatable bonds is 5. The van der Waals surface area contributed by atoms with Crippen LogP contribution in [0.5, 0.6) is 0 Å². The Morgan fingerprint density at radius 1 is 1.38 bits per heavy atom. The molecular formula is C18H27ClN4O. The number of urea groups is 1. The van der Waals surface area contributed by atoms with Gasteiger partial charge < -0.3 is 15.2 Å². The van der Waals surface area contributed by atoms with Gasteiger partial charge in [-0.2, -0.15) is 0 Å². The second-order valence-electron chi connectivity index (χ2n) is 8.10. The first-order valence-corrected chi connectivity index (χ1v) is 9.61. The van der Waals surface area contributed by atoms with Crippen molar-refractivity contribution in [2.45, 2.75) is 62.9 Å². The fraction of sp³-hybridized carbons (Fsp3) is 0.778. The highest BCUT2D eigenvalue weighted by atomic mass is 35.5. The molecule has 5 nitrogen and oxygen atoms in total. The molecule has 0 aromatic carbocycles. The van der Waals surface area contributed by atoms with Gasteiger partial charge in [-0.05, 0) is 63.2 Å². The van der Waals surface area contributed by atoms with E-state index in [2.05, 4.69) is 20.2 Å². The Labute approximate surface area is 148 Å². The van der Waals surface area contributed by atoms with Gasteiger partial charge in [-0.25, -0.2) is 9.78 Å². The number of carbonyl (C=O) groups excluding carboxylic acids is 1. The zero-order chi connectivity index (χ0) is 16.7. The Kier molecular flexibility index (Phi) is 4.23. The van der Waals surface area contributed by atoms with E-state index in [4.69, 9.17) is 11.6 Å². The summed E-state index contributed by atoms with van der Waals surface area (Å²) in [5.74, 6) is 2.16. The SMILES string of the molecule is Cc1cncn1CCCNC(=O)NC1C2CC3CC(C2)CC1(Cl)C3. The van der Waals surface area contributed by atoms with Crippen LogP contribution in [-0.4, -0.2) is 33.0 Å². The highest BCUT2D eigenvalue weighted by Gasteiger charge is 2.56. The van der Waals surface area contributed by atoms with Crippen molar-refractivity contribution in [3.8, 4) is 0 Å². The highest BCUT2D eigenvalue weighted by molar-refractivity contribution is 6.24. The van der Waals surface area contributed by atoms with E-state index in [0.717, 1.165) is 43.3 Å². The van der Waals surface area contributed by atoms with E-state index in [0.29, 0.717) is 12.5 Å². The largest absolute Gasteiger partial charge is 0.338 e. The van der Waals surface area contributed by atoms with Gasteiger partial charge in [0.2, 0.25) is 0 Å². The maximum Gasteiger partial charge on any atom is 0.315 e. The topological polar surface area (TPSA) is 59.0 Å². The van der Waals surface area contributed by atoms with Gasteiger partial charge in [-0.1, -0.05) is 0 Å². The van der Waals surface area contributed by atoms with E-state index in [1.54, 1.807) is 0 Å². The lowest BCUT2D eigenvalue weighted by Gasteiger charge is -2.58. The van der Waals surface area contributed by atoms with Crippen LogP contribution in [0.2, 0.25) is 0 Å². The summed E-state index contributed by atoms with van der Waals surface area (Å²) in [5, 5.41) is 6.20. The summed E-state index contributed by atoms with van der Waals surface area (Å²) in [6.07, 6.45) is 10.6. The number of aryl methyl sites for hydroxylation is 2. The Hall–Kier alpha value is -1.23. The minimum Gasteiger partial charge on any atom is -0.338 e. The van der Waals surface area contributed by atoms with Gasteiger partial charge in [0.1, 0.15) is 0 Å². The van der Waals surface area contributed by atoms with Crippen LogP contribution in [-0.2, 0) is 6.54 Å². The van der Waals surface area contributed by atoms with Crippen molar-refractivity contribution in [1.82, 2.24) is 20.2 Å². The summed E-state index contributed by atoms with van der Waals surface area (Å²) >= 11 is 6.93. The fourth-order valence-corrected chi connectivity index (χ4v) is 6.12. The predicted molar refractivity (Wildman–Crippen MR) is 94.0 cm³/mol. The van der Waals surface area contributed by atoms with Gasteiger partial charge in [0.05, 0.1) is 17.2 Å². The normalized spacial score (nSPS) is 36.8. The molecule has 4 aliphatic rings. The highest BCUT2D eigenvalue weighted by Crippen LogP contribution is 2.58. The number of amides is 2. The van der Waals surface area contributed by atoms with Crippen molar-refractivity contribution >= 4 is 17.6 Å². The third-order valence-corrected chi connectivity index (χ3v) is 6.84. The Morgan fingerprint density at radius 3 is 2.75 bits per heavy atom. The maximum absolute atomic E-state index is 12.3. The molecule has 4 fully saturated rings. The molecule has 24 heavy (non-hydrogen) atoms. The molecule has 1 heterocycles. The molecule has 0 spiro atoms. The molecule has 4 saturated carbocycles. The molecule has 2 N–H and O–H groups in total. The molecule has 3 atom stereocenters. The molecule has 3 unspecified atom stereocenters. The Balaban J connectivity index is 1.25. The first kappa shape index (κ1) is 16.2. The van der Waals surface area contributed by atoms with E-state index in [1.807, 2.05) is 19.4 Å². The summed E-state index contributed by atoms with van der Waals surface area (Å²) in [6, 6.07) is 0.0812. The standard InChI is InChI=1S/C18H27ClN4O/c1-12-10-20-11-23(12)4-2-3-21-17(24)22-16-15-6-13-5-14(7-15)9-18(16,19)8-13/h10-11,13-16H,2-9H2,1H3,(H2,21,22,24). The summed E-state index contributed by atoms with van der Waals surface area (Å²) in [7, 11) is 0. The number of carbonyl (C=O) groups is 1. The van der Waals surface area contributed by atoms with Crippen LogP contribution >= 0.6 is 11.6 Å². The molecule has 0 aliphatic heterocycles. The second-order valence-corrected chi connectivity index (χ2v) is 8.85. The Bertz CT molecular complexity index is 602. The molecule has 0 saturated heterocycles. The monoisotopic (exact) mass is 350 g/mol. The third kappa shape index (κ3) is 3.03. The minimum absolute atomic E-state index is 0.0603. The van der Waals surface area contributed by atoms with Crippen LogP contribution in [0.1, 0.15) is 44.2 Å². The maximum atomic E-state index is 12.3. The van der Waals surface area contributed by atoms with Crippen LogP contribution < -0.4 is 10.6 Å². The first-order valence-electron chi connectivity index (χ1n) is 9.23. The van der Waals surface area contributed by atoms with Gasteiger partial charge >= 0.3 is 6.03 Å². The number of hydrogen-bond donors (Lipinski definition) is 2.